The van der Waals surface area contributed by atoms with Gasteiger partial charge in [0.1, 0.15) is 24.1 Å². The molecule has 5 atom stereocenters. The van der Waals surface area contributed by atoms with E-state index < -0.39 is 50.7 Å². The van der Waals surface area contributed by atoms with Gasteiger partial charge in [-0.2, -0.15) is 20.3 Å². The molecule has 0 amide bonds. The van der Waals surface area contributed by atoms with Crippen LogP contribution >= 0.6 is 30.8 Å². The van der Waals surface area contributed by atoms with Crippen molar-refractivity contribution in [3.05, 3.63) is 52.2 Å². The number of tetrazole rings is 1. The summed E-state index contributed by atoms with van der Waals surface area (Å²) in [5, 5.41) is 50.5. The smallest absolute Gasteiger partial charge is 0.359 e. The average Bonchev–Trinajstić information content (AvgIpc) is 3.68. The predicted molar refractivity (Wildman–Crippen MR) is 145 cm³/mol. The summed E-state index contributed by atoms with van der Waals surface area (Å²) in [4.78, 5) is 28.4. The van der Waals surface area contributed by atoms with Gasteiger partial charge in [-0.3, -0.25) is 4.57 Å². The first-order valence-corrected chi connectivity index (χ1v) is 14.8. The number of hydrogen-bond donors (Lipinski definition) is 7. The summed E-state index contributed by atoms with van der Waals surface area (Å²) in [6, 6.07) is 7.24. The zero-order valence-corrected chi connectivity index (χ0v) is 23.9. The number of nitrogens with one attached hydrogen (secondary N) is 2. The molecule has 0 bridgehead atoms. The van der Waals surface area contributed by atoms with Crippen molar-refractivity contribution in [2.75, 3.05) is 18.5 Å². The van der Waals surface area contributed by atoms with Gasteiger partial charge in [0.15, 0.2) is 23.0 Å². The van der Waals surface area contributed by atoms with E-state index in [1.165, 1.54) is 10.9 Å². The van der Waals surface area contributed by atoms with E-state index in [0.29, 0.717) is 22.8 Å². The van der Waals surface area contributed by atoms with Crippen LogP contribution in [0.3, 0.4) is 0 Å². The highest BCUT2D eigenvalue weighted by atomic mass is 35.5. The molecule has 3 aromatic heterocycles. The summed E-state index contributed by atoms with van der Waals surface area (Å²) in [7, 11) is -5.08. The van der Waals surface area contributed by atoms with Gasteiger partial charge in [-0.15, -0.1) is 10.2 Å². The van der Waals surface area contributed by atoms with Crippen molar-refractivity contribution in [2.45, 2.75) is 49.3 Å². The number of H-pyrrole nitrogens is 1. The van der Waals surface area contributed by atoms with Crippen LogP contribution in [0.15, 0.2) is 30.5 Å². The largest absolute Gasteiger partial charge is 0.393 e. The van der Waals surface area contributed by atoms with E-state index in [-0.39, 0.29) is 29.6 Å². The Morgan fingerprint density at radius 2 is 1.98 bits per heavy atom. The van der Waals surface area contributed by atoms with Crippen LogP contribution in [-0.4, -0.2) is 102 Å². The van der Waals surface area contributed by atoms with Gasteiger partial charge in [-0.25, -0.2) is 4.68 Å². The third kappa shape index (κ3) is 6.12. The molecule has 0 radical (unpaired) electrons. The van der Waals surface area contributed by atoms with Crippen molar-refractivity contribution < 1.29 is 39.1 Å². The van der Waals surface area contributed by atoms with Crippen LogP contribution in [0.1, 0.15) is 24.0 Å². The highest BCUT2D eigenvalue weighted by molar-refractivity contribution is 7.53. The van der Waals surface area contributed by atoms with E-state index in [4.69, 9.17) is 32.7 Å². The minimum absolute atomic E-state index is 0.0892. The lowest BCUT2D eigenvalue weighted by molar-refractivity contribution is -0.111. The van der Waals surface area contributed by atoms with Crippen LogP contribution in [0.25, 0.3) is 11.0 Å². The lowest BCUT2D eigenvalue weighted by Crippen LogP contribution is -2.42. The van der Waals surface area contributed by atoms with Crippen LogP contribution in [0, 0.1) is 0 Å². The zero-order valence-electron chi connectivity index (χ0n) is 21.5. The Labute approximate surface area is 247 Å². The van der Waals surface area contributed by atoms with E-state index in [1.807, 2.05) is 18.2 Å². The quantitative estimate of drug-likeness (QED) is 0.0813. The second kappa shape index (κ2) is 12.4. The number of aromatic nitrogens is 8. The van der Waals surface area contributed by atoms with Gasteiger partial charge >= 0.3 is 7.60 Å². The van der Waals surface area contributed by atoms with Crippen LogP contribution in [0.2, 0.25) is 10.3 Å². The second-order valence-corrected chi connectivity index (χ2v) is 12.1. The molecule has 7 N–H and O–H groups in total. The SMILES string of the molecule is O=P(O)(O)[C@@](CO)(CCc1nn[nH]n1)OC[C@H]1O[C@@H](n2ncc3c(NCc4ccccc4Cl)nc(Cl)nc32)[C@H](O)[C@@H]1O. The minimum atomic E-state index is -5.08. The maximum Gasteiger partial charge on any atom is 0.359 e. The van der Waals surface area contributed by atoms with E-state index >= 15 is 0 Å². The number of anilines is 1. The number of fused-ring (bicyclic) bond motifs is 1. The third-order valence-electron chi connectivity index (χ3n) is 6.83. The van der Waals surface area contributed by atoms with Gasteiger partial charge in [0, 0.05) is 18.0 Å². The average molecular weight is 646 g/mol. The number of nitrogens with zero attached hydrogens (tertiary/aromatic N) is 7. The summed E-state index contributed by atoms with van der Waals surface area (Å²) in [6.45, 7) is -1.35. The van der Waals surface area contributed by atoms with E-state index in [0.717, 1.165) is 5.56 Å². The summed E-state index contributed by atoms with van der Waals surface area (Å²) >= 11 is 12.4. The minimum Gasteiger partial charge on any atom is -0.393 e. The van der Waals surface area contributed by atoms with Crippen molar-refractivity contribution >= 4 is 47.6 Å². The number of aromatic amines is 1. The van der Waals surface area contributed by atoms with Crippen molar-refractivity contribution in [3.63, 3.8) is 0 Å². The number of aliphatic hydroxyl groups excluding tert-OH is 3. The molecule has 226 valence electrons. The molecule has 0 unspecified atom stereocenters. The summed E-state index contributed by atoms with van der Waals surface area (Å²) in [6.07, 6.45) is -4.72. The number of halogens is 2. The molecule has 0 saturated carbocycles. The molecule has 1 fully saturated rings. The fraction of sp³-hybridized carbons (Fsp3) is 0.455. The molecule has 17 nitrogen and oxygen atoms in total. The first-order chi connectivity index (χ1) is 20.0. The molecule has 1 aliphatic heterocycles. The Kier molecular flexibility index (Phi) is 9.05. The van der Waals surface area contributed by atoms with Gasteiger partial charge in [0.05, 0.1) is 24.8 Å². The van der Waals surface area contributed by atoms with E-state index in [2.05, 4.69) is 41.0 Å². The second-order valence-electron chi connectivity index (χ2n) is 9.45. The number of aliphatic hydroxyl groups is 3. The molecule has 4 heterocycles. The molecule has 0 spiro atoms. The number of ether oxygens (including phenoxy) is 2. The predicted octanol–water partition coefficient (Wildman–Crippen LogP) is 0.393. The normalized spacial score (nSPS) is 22.5. The zero-order chi connectivity index (χ0) is 30.1. The third-order valence-corrected chi connectivity index (χ3v) is 8.93. The number of aryl methyl sites for hydroxylation is 1. The summed E-state index contributed by atoms with van der Waals surface area (Å²) in [5.74, 6) is 0.476. The lowest BCUT2D eigenvalue weighted by atomic mass is 10.1. The standard InChI is InChI=1S/C22H26Cl2N9O8P/c23-13-4-2-1-3-11(13)7-25-18-12-8-26-33(19(12)28-21(24)27-18)20-17(36)16(35)14(41-20)9-40-22(10-34,42(37,38)39)6-5-15-29-31-32-30-15/h1-4,8,14,16-17,20,34-36H,5-7,9-10H2,(H,25,27,28)(H2,37,38,39)(H,29,30,31,32)/t14-,16-,17-,20-,22-/m1/s1. The first-order valence-electron chi connectivity index (χ1n) is 12.5. The molecule has 1 aliphatic rings. The highest BCUT2D eigenvalue weighted by Crippen LogP contribution is 2.53. The molecule has 1 saturated heterocycles. The highest BCUT2D eigenvalue weighted by Gasteiger charge is 2.51. The Hall–Kier alpha value is -2.83. The fourth-order valence-electron chi connectivity index (χ4n) is 4.46. The Morgan fingerprint density at radius 3 is 2.67 bits per heavy atom. The van der Waals surface area contributed by atoms with Crippen LogP contribution < -0.4 is 5.32 Å². The maximum atomic E-state index is 12.4. The van der Waals surface area contributed by atoms with Crippen LogP contribution in [0.5, 0.6) is 0 Å². The molecule has 0 aliphatic carbocycles. The Morgan fingerprint density at radius 1 is 1.19 bits per heavy atom. The van der Waals surface area contributed by atoms with Crippen molar-refractivity contribution in [1.82, 2.24) is 40.4 Å². The molecular formula is C22H26Cl2N9O8P. The molecular weight excluding hydrogens is 620 g/mol. The fourth-order valence-corrected chi connectivity index (χ4v) is 5.66. The Bertz CT molecular complexity index is 1570. The van der Waals surface area contributed by atoms with E-state index in [9.17, 15) is 29.7 Å². The van der Waals surface area contributed by atoms with Gasteiger partial charge in [0.2, 0.25) is 5.28 Å². The molecule has 5 rings (SSSR count). The van der Waals surface area contributed by atoms with Gasteiger partial charge in [-0.05, 0) is 29.7 Å². The van der Waals surface area contributed by atoms with E-state index in [1.54, 1.807) is 6.07 Å². The number of hydrogen-bond acceptors (Lipinski definition) is 13. The number of benzene rings is 1. The van der Waals surface area contributed by atoms with Crippen molar-refractivity contribution in [2.24, 2.45) is 0 Å². The monoisotopic (exact) mass is 645 g/mol. The van der Waals surface area contributed by atoms with Crippen LogP contribution in [-0.2, 0) is 27.0 Å². The molecule has 20 heteroatoms. The topological polar surface area (TPSA) is 247 Å². The lowest BCUT2D eigenvalue weighted by Gasteiger charge is -2.33. The first kappa shape index (κ1) is 30.6. The van der Waals surface area contributed by atoms with Gasteiger partial charge in [-0.1, -0.05) is 35.0 Å². The maximum absolute atomic E-state index is 12.4. The Balaban J connectivity index is 1.34. The molecule has 4 aromatic rings. The van der Waals surface area contributed by atoms with Crippen molar-refractivity contribution in [3.8, 4) is 0 Å². The summed E-state index contributed by atoms with van der Waals surface area (Å²) in [5.41, 5.74) is 0.982. The van der Waals surface area contributed by atoms with Gasteiger partial charge < -0.3 is 39.9 Å². The molecule has 42 heavy (non-hydrogen) atoms. The van der Waals surface area contributed by atoms with Crippen molar-refractivity contribution in [1.29, 1.82) is 0 Å². The molecule has 1 aromatic carbocycles. The van der Waals surface area contributed by atoms with Gasteiger partial charge in [0.25, 0.3) is 0 Å². The van der Waals surface area contributed by atoms with Crippen LogP contribution in [0.4, 0.5) is 5.82 Å². The number of rotatable bonds is 12. The summed E-state index contributed by atoms with van der Waals surface area (Å²) < 4.78 is 24.9.